The van der Waals surface area contributed by atoms with Crippen LogP contribution in [-0.4, -0.2) is 11.2 Å². The average molecular weight is 361 g/mol. The fraction of sp³-hybridized carbons (Fsp3) is 1.00. The third kappa shape index (κ3) is 2.90. The van der Waals surface area contributed by atoms with Crippen LogP contribution in [0.25, 0.3) is 0 Å². The highest BCUT2D eigenvalue weighted by Gasteiger charge is 2.59. The molecule has 0 heterocycles. The molecule has 150 valence electrons. The van der Waals surface area contributed by atoms with Gasteiger partial charge in [-0.3, -0.25) is 0 Å². The Morgan fingerprint density at radius 1 is 0.923 bits per heavy atom. The topological polar surface area (TPSA) is 20.2 Å². The Morgan fingerprint density at radius 3 is 2.38 bits per heavy atom. The van der Waals surface area contributed by atoms with Gasteiger partial charge in [0.1, 0.15) is 0 Å². The molecule has 0 amide bonds. The first kappa shape index (κ1) is 19.3. The molecule has 1 nitrogen and oxygen atoms in total. The minimum Gasteiger partial charge on any atom is -0.393 e. The molecule has 4 fully saturated rings. The second kappa shape index (κ2) is 7.09. The van der Waals surface area contributed by atoms with Gasteiger partial charge in [-0.1, -0.05) is 40.0 Å². The third-order valence-corrected chi connectivity index (χ3v) is 10.4. The summed E-state index contributed by atoms with van der Waals surface area (Å²) in [4.78, 5) is 0. The van der Waals surface area contributed by atoms with Crippen LogP contribution in [0.1, 0.15) is 105 Å². The Bertz CT molecular complexity index is 498. The fourth-order valence-electron chi connectivity index (χ4n) is 9.05. The van der Waals surface area contributed by atoms with Crippen LogP contribution in [-0.2, 0) is 0 Å². The zero-order chi connectivity index (χ0) is 18.5. The minimum absolute atomic E-state index is 0.115. The van der Waals surface area contributed by atoms with E-state index in [9.17, 15) is 5.11 Å². The second-order valence-corrected chi connectivity index (χ2v) is 11.4. The molecule has 4 saturated carbocycles. The maximum absolute atomic E-state index is 10.5. The molecule has 4 aliphatic rings. The van der Waals surface area contributed by atoms with Gasteiger partial charge in [-0.15, -0.1) is 0 Å². The van der Waals surface area contributed by atoms with Crippen molar-refractivity contribution >= 4 is 0 Å². The molecule has 0 radical (unpaired) electrons. The molecule has 5 unspecified atom stereocenters. The van der Waals surface area contributed by atoms with Crippen molar-refractivity contribution in [1.29, 1.82) is 0 Å². The van der Waals surface area contributed by atoms with Crippen molar-refractivity contribution in [2.75, 3.05) is 0 Å². The summed E-state index contributed by atoms with van der Waals surface area (Å²) < 4.78 is 0. The van der Waals surface area contributed by atoms with Crippen LogP contribution < -0.4 is 0 Å². The first-order valence-electron chi connectivity index (χ1n) is 12.1. The highest BCUT2D eigenvalue weighted by atomic mass is 16.3. The Labute approximate surface area is 162 Å². The van der Waals surface area contributed by atoms with E-state index < -0.39 is 0 Å². The fourth-order valence-corrected chi connectivity index (χ4v) is 9.05. The quantitative estimate of drug-likeness (QED) is 0.584. The van der Waals surface area contributed by atoms with E-state index in [1.807, 2.05) is 0 Å². The molecule has 0 aliphatic heterocycles. The standard InChI is InChI=1S/C25H44O/c1-5-7-18-12-14-24(3)19(16-18)10-11-20-22-9-6-8-21(17(2)26)25(22,4)15-13-23(20)24/h17-23,26H,5-16H2,1-4H3/t17?,18-,19?,20-,21?,22?,23?,24-,25+/m0/s1. The molecular formula is C25H44O. The second-order valence-electron chi connectivity index (χ2n) is 11.4. The van der Waals surface area contributed by atoms with Crippen molar-refractivity contribution in [2.45, 2.75) is 111 Å². The number of hydrogen-bond acceptors (Lipinski definition) is 1. The summed E-state index contributed by atoms with van der Waals surface area (Å²) in [6, 6.07) is 0. The molecule has 0 bridgehead atoms. The number of aliphatic hydroxyl groups excluding tert-OH is 1. The Morgan fingerprint density at radius 2 is 1.65 bits per heavy atom. The van der Waals surface area contributed by atoms with E-state index >= 15 is 0 Å². The zero-order valence-electron chi connectivity index (χ0n) is 18.0. The number of aliphatic hydroxyl groups is 1. The van der Waals surface area contributed by atoms with Gasteiger partial charge in [0.2, 0.25) is 0 Å². The molecule has 0 spiro atoms. The molecule has 4 rings (SSSR count). The Balaban J connectivity index is 1.56. The molecule has 4 aliphatic carbocycles. The van der Waals surface area contributed by atoms with E-state index in [0.717, 1.165) is 29.6 Å². The lowest BCUT2D eigenvalue weighted by Gasteiger charge is -2.64. The molecule has 0 aromatic carbocycles. The summed E-state index contributed by atoms with van der Waals surface area (Å²) in [6.07, 6.45) is 17.2. The van der Waals surface area contributed by atoms with E-state index in [1.165, 1.54) is 77.0 Å². The van der Waals surface area contributed by atoms with Crippen LogP contribution >= 0.6 is 0 Å². The molecule has 0 aromatic rings. The van der Waals surface area contributed by atoms with E-state index in [1.54, 1.807) is 0 Å². The minimum atomic E-state index is -0.115. The molecule has 1 heteroatoms. The van der Waals surface area contributed by atoms with Crippen LogP contribution in [0.3, 0.4) is 0 Å². The first-order chi connectivity index (χ1) is 12.4. The van der Waals surface area contributed by atoms with Gasteiger partial charge >= 0.3 is 0 Å². The summed E-state index contributed by atoms with van der Waals surface area (Å²) in [5, 5.41) is 10.5. The monoisotopic (exact) mass is 360 g/mol. The van der Waals surface area contributed by atoms with Gasteiger partial charge in [0.25, 0.3) is 0 Å². The Kier molecular flexibility index (Phi) is 5.26. The summed E-state index contributed by atoms with van der Waals surface area (Å²) >= 11 is 0. The van der Waals surface area contributed by atoms with Crippen molar-refractivity contribution in [1.82, 2.24) is 0 Å². The lowest BCUT2D eigenvalue weighted by molar-refractivity contribution is -0.158. The van der Waals surface area contributed by atoms with Gasteiger partial charge < -0.3 is 5.11 Å². The van der Waals surface area contributed by atoms with Crippen molar-refractivity contribution in [3.63, 3.8) is 0 Å². The number of fused-ring (bicyclic) bond motifs is 5. The number of hydrogen-bond donors (Lipinski definition) is 1. The highest BCUT2D eigenvalue weighted by molar-refractivity contribution is 5.08. The zero-order valence-corrected chi connectivity index (χ0v) is 18.0. The van der Waals surface area contributed by atoms with E-state index in [0.29, 0.717) is 16.7 Å². The molecule has 0 aromatic heterocycles. The van der Waals surface area contributed by atoms with Crippen molar-refractivity contribution in [2.24, 2.45) is 46.3 Å². The van der Waals surface area contributed by atoms with Gasteiger partial charge in [-0.2, -0.15) is 0 Å². The third-order valence-electron chi connectivity index (χ3n) is 10.4. The summed E-state index contributed by atoms with van der Waals surface area (Å²) in [5.74, 6) is 5.41. The smallest absolute Gasteiger partial charge is 0.0545 e. The lowest BCUT2D eigenvalue weighted by atomic mass is 9.41. The largest absolute Gasteiger partial charge is 0.393 e. The van der Waals surface area contributed by atoms with Gasteiger partial charge in [-0.25, -0.2) is 0 Å². The maximum atomic E-state index is 10.5. The number of rotatable bonds is 3. The van der Waals surface area contributed by atoms with E-state index in [2.05, 4.69) is 27.7 Å². The normalized spacial score (nSPS) is 52.5. The van der Waals surface area contributed by atoms with Gasteiger partial charge in [0, 0.05) is 0 Å². The van der Waals surface area contributed by atoms with Gasteiger partial charge in [0.05, 0.1) is 6.10 Å². The van der Waals surface area contributed by atoms with Crippen LogP contribution in [0.2, 0.25) is 0 Å². The molecule has 26 heavy (non-hydrogen) atoms. The summed E-state index contributed by atoms with van der Waals surface area (Å²) in [7, 11) is 0. The first-order valence-corrected chi connectivity index (χ1v) is 12.1. The van der Waals surface area contributed by atoms with Crippen LogP contribution in [0.5, 0.6) is 0 Å². The molecule has 1 N–H and O–H groups in total. The molecule has 0 saturated heterocycles. The predicted molar refractivity (Wildman–Crippen MR) is 110 cm³/mol. The van der Waals surface area contributed by atoms with Crippen molar-refractivity contribution in [3.8, 4) is 0 Å². The van der Waals surface area contributed by atoms with E-state index in [-0.39, 0.29) is 6.10 Å². The van der Waals surface area contributed by atoms with Gasteiger partial charge in [0.15, 0.2) is 0 Å². The average Bonchev–Trinajstić information content (AvgIpc) is 2.60. The van der Waals surface area contributed by atoms with Crippen molar-refractivity contribution < 1.29 is 5.11 Å². The SMILES string of the molecule is CCC[C@H]1CC[C@@]2(C)C(CC[C@@H]3C2CC[C@]2(C)C(C(C)O)CCCC32)C1. The summed E-state index contributed by atoms with van der Waals surface area (Å²) in [6.45, 7) is 9.71. The molecule has 9 atom stereocenters. The Hall–Kier alpha value is -0.0400. The maximum Gasteiger partial charge on any atom is 0.0545 e. The summed E-state index contributed by atoms with van der Waals surface area (Å²) in [5.41, 5.74) is 1.04. The lowest BCUT2D eigenvalue weighted by Crippen LogP contribution is -2.57. The van der Waals surface area contributed by atoms with Crippen LogP contribution in [0, 0.1) is 46.3 Å². The highest BCUT2D eigenvalue weighted by Crippen LogP contribution is 2.67. The predicted octanol–water partition coefficient (Wildman–Crippen LogP) is 6.83. The van der Waals surface area contributed by atoms with Crippen molar-refractivity contribution in [3.05, 3.63) is 0 Å². The van der Waals surface area contributed by atoms with Gasteiger partial charge in [-0.05, 0) is 111 Å². The van der Waals surface area contributed by atoms with Crippen LogP contribution in [0.15, 0.2) is 0 Å². The van der Waals surface area contributed by atoms with E-state index in [4.69, 9.17) is 0 Å². The molecular weight excluding hydrogens is 316 g/mol. The van der Waals surface area contributed by atoms with Crippen LogP contribution in [0.4, 0.5) is 0 Å².